The van der Waals surface area contributed by atoms with E-state index in [4.69, 9.17) is 4.42 Å². The molecule has 0 aliphatic heterocycles. The van der Waals surface area contributed by atoms with Crippen LogP contribution in [0.4, 0.5) is 10.1 Å². The zero-order valence-corrected chi connectivity index (χ0v) is 11.7. The first-order valence-electron chi connectivity index (χ1n) is 5.76. The molecule has 0 atom stereocenters. The molecule has 0 spiro atoms. The molecule has 0 unspecified atom stereocenters. The molecule has 7 nitrogen and oxygen atoms in total. The van der Waals surface area contributed by atoms with Crippen LogP contribution < -0.4 is 4.72 Å². The molecule has 0 fully saturated rings. The van der Waals surface area contributed by atoms with Crippen molar-refractivity contribution in [1.82, 2.24) is 4.72 Å². The molecule has 1 N–H and O–H groups in total. The van der Waals surface area contributed by atoms with Crippen molar-refractivity contribution >= 4 is 15.7 Å². The van der Waals surface area contributed by atoms with Crippen molar-refractivity contribution in [3.8, 4) is 0 Å². The van der Waals surface area contributed by atoms with E-state index in [9.17, 15) is 22.9 Å². The zero-order valence-electron chi connectivity index (χ0n) is 10.9. The molecule has 2 rings (SSSR count). The highest BCUT2D eigenvalue weighted by Crippen LogP contribution is 2.25. The summed E-state index contributed by atoms with van der Waals surface area (Å²) in [6.45, 7) is 1.22. The maximum absolute atomic E-state index is 13.6. The van der Waals surface area contributed by atoms with Gasteiger partial charge in [0.15, 0.2) is 0 Å². The molecule has 0 bridgehead atoms. The van der Waals surface area contributed by atoms with E-state index in [-0.39, 0.29) is 17.0 Å². The summed E-state index contributed by atoms with van der Waals surface area (Å²) in [7, 11) is -3.99. The number of nitrogens with zero attached hydrogens (tertiary/aromatic N) is 1. The van der Waals surface area contributed by atoms with E-state index >= 15 is 0 Å². The number of hydrogen-bond acceptors (Lipinski definition) is 5. The zero-order chi connectivity index (χ0) is 15.6. The summed E-state index contributed by atoms with van der Waals surface area (Å²) < 4.78 is 44.8. The molecule has 0 aliphatic carbocycles. The van der Waals surface area contributed by atoms with Crippen LogP contribution in [0.3, 0.4) is 0 Å². The third-order valence-corrected chi connectivity index (χ3v) is 4.14. The largest absolute Gasteiger partial charge is 0.472 e. The van der Waals surface area contributed by atoms with Gasteiger partial charge in [-0.05, 0) is 24.6 Å². The van der Waals surface area contributed by atoms with Gasteiger partial charge in [0.2, 0.25) is 15.8 Å². The predicted octanol–water partition coefficient (Wildman–Crippen LogP) is 2.11. The molecule has 1 aromatic carbocycles. The smallest absolute Gasteiger partial charge is 0.306 e. The van der Waals surface area contributed by atoms with E-state index in [1.807, 2.05) is 0 Å². The Morgan fingerprint density at radius 2 is 2.14 bits per heavy atom. The normalized spacial score (nSPS) is 11.5. The van der Waals surface area contributed by atoms with Gasteiger partial charge in [0.1, 0.15) is 0 Å². The van der Waals surface area contributed by atoms with Crippen LogP contribution >= 0.6 is 0 Å². The second kappa shape index (κ2) is 5.62. The number of halogens is 1. The Balaban J connectivity index is 2.33. The van der Waals surface area contributed by atoms with E-state index in [1.165, 1.54) is 19.5 Å². The number of nitro groups is 1. The van der Waals surface area contributed by atoms with E-state index in [0.29, 0.717) is 11.6 Å². The Morgan fingerprint density at radius 3 is 2.71 bits per heavy atom. The molecule has 2 aromatic rings. The van der Waals surface area contributed by atoms with Gasteiger partial charge < -0.3 is 4.42 Å². The number of aryl methyl sites for hydroxylation is 1. The van der Waals surface area contributed by atoms with Crippen LogP contribution in [0.1, 0.15) is 11.1 Å². The quantitative estimate of drug-likeness (QED) is 0.672. The molecular formula is C12H11FN2O5S. The van der Waals surface area contributed by atoms with Crippen molar-refractivity contribution in [2.45, 2.75) is 18.4 Å². The summed E-state index contributed by atoms with van der Waals surface area (Å²) >= 11 is 0. The first-order chi connectivity index (χ1) is 9.81. The monoisotopic (exact) mass is 314 g/mol. The number of furan rings is 1. The fourth-order valence-electron chi connectivity index (χ4n) is 1.66. The maximum atomic E-state index is 13.6. The van der Waals surface area contributed by atoms with Crippen LogP contribution in [0.5, 0.6) is 0 Å². The lowest BCUT2D eigenvalue weighted by atomic mass is 10.2. The molecule has 0 amide bonds. The summed E-state index contributed by atoms with van der Waals surface area (Å²) in [6.07, 6.45) is 2.75. The number of rotatable bonds is 5. The maximum Gasteiger partial charge on any atom is 0.306 e. The molecule has 9 heteroatoms. The van der Waals surface area contributed by atoms with Gasteiger partial charge in [-0.25, -0.2) is 13.1 Å². The average Bonchev–Trinajstić information content (AvgIpc) is 2.92. The number of sulfonamides is 1. The number of nitrogens with one attached hydrogen (secondary N) is 1. The topological polar surface area (TPSA) is 102 Å². The second-order valence-corrected chi connectivity index (χ2v) is 6.05. The highest BCUT2D eigenvalue weighted by Gasteiger charge is 2.23. The van der Waals surface area contributed by atoms with Crippen LogP contribution in [0.15, 0.2) is 40.0 Å². The number of nitro benzene ring substituents is 1. The minimum Gasteiger partial charge on any atom is -0.472 e. The molecule has 1 aromatic heterocycles. The molecule has 0 radical (unpaired) electrons. The molecule has 112 valence electrons. The Labute approximate surface area is 119 Å². The average molecular weight is 314 g/mol. The molecular weight excluding hydrogens is 303 g/mol. The van der Waals surface area contributed by atoms with Gasteiger partial charge in [0.25, 0.3) is 0 Å². The van der Waals surface area contributed by atoms with Crippen LogP contribution in [-0.4, -0.2) is 13.3 Å². The summed E-state index contributed by atoms with van der Waals surface area (Å²) in [5.41, 5.74) is -0.404. The minimum absolute atomic E-state index is 0.0386. The highest BCUT2D eigenvalue weighted by molar-refractivity contribution is 7.89. The van der Waals surface area contributed by atoms with Crippen LogP contribution in [-0.2, 0) is 16.6 Å². The van der Waals surface area contributed by atoms with Crippen LogP contribution in [0.25, 0.3) is 0 Å². The van der Waals surface area contributed by atoms with Crippen molar-refractivity contribution in [3.05, 3.63) is 57.8 Å². The fourth-order valence-corrected chi connectivity index (χ4v) is 2.78. The van der Waals surface area contributed by atoms with Crippen molar-refractivity contribution < 1.29 is 22.1 Å². The van der Waals surface area contributed by atoms with Crippen LogP contribution in [0.2, 0.25) is 0 Å². The molecule has 0 saturated heterocycles. The standard InChI is InChI=1S/C12H11FN2O5S/c1-8-4-10(5-11(12(8)13)15(16)17)21(18,19)14-6-9-2-3-20-7-9/h2-5,7,14H,6H2,1H3. The van der Waals surface area contributed by atoms with Crippen molar-refractivity contribution in [3.63, 3.8) is 0 Å². The van der Waals surface area contributed by atoms with Gasteiger partial charge in [-0.3, -0.25) is 10.1 Å². The Morgan fingerprint density at radius 1 is 1.43 bits per heavy atom. The lowest BCUT2D eigenvalue weighted by Gasteiger charge is -2.07. The van der Waals surface area contributed by atoms with Crippen molar-refractivity contribution in [2.75, 3.05) is 0 Å². The Bertz CT molecular complexity index is 771. The Hall–Kier alpha value is -2.26. The third kappa shape index (κ3) is 3.26. The minimum atomic E-state index is -3.99. The third-order valence-electron chi connectivity index (χ3n) is 2.76. The lowest BCUT2D eigenvalue weighted by Crippen LogP contribution is -2.23. The molecule has 0 saturated carbocycles. The van der Waals surface area contributed by atoms with Gasteiger partial charge in [0, 0.05) is 18.2 Å². The second-order valence-electron chi connectivity index (χ2n) is 4.29. The van der Waals surface area contributed by atoms with Crippen molar-refractivity contribution in [1.29, 1.82) is 0 Å². The predicted molar refractivity (Wildman–Crippen MR) is 70.5 cm³/mol. The number of benzene rings is 1. The van der Waals surface area contributed by atoms with Gasteiger partial charge >= 0.3 is 5.69 Å². The van der Waals surface area contributed by atoms with Gasteiger partial charge in [-0.15, -0.1) is 0 Å². The molecule has 1 heterocycles. The summed E-state index contributed by atoms with van der Waals surface area (Å²) in [6, 6.07) is 3.31. The van der Waals surface area contributed by atoms with Gasteiger partial charge in [0.05, 0.1) is 22.3 Å². The van der Waals surface area contributed by atoms with E-state index in [2.05, 4.69) is 4.72 Å². The van der Waals surface area contributed by atoms with Crippen LogP contribution in [0, 0.1) is 22.9 Å². The Kier molecular flexibility index (Phi) is 4.05. The fraction of sp³-hybridized carbons (Fsp3) is 0.167. The van der Waals surface area contributed by atoms with Crippen molar-refractivity contribution in [2.24, 2.45) is 0 Å². The van der Waals surface area contributed by atoms with E-state index in [1.54, 1.807) is 6.07 Å². The SMILES string of the molecule is Cc1cc(S(=O)(=O)NCc2ccoc2)cc([N+](=O)[O-])c1F. The summed E-state index contributed by atoms with van der Waals surface area (Å²) in [4.78, 5) is 9.41. The highest BCUT2D eigenvalue weighted by atomic mass is 32.2. The number of hydrogen-bond donors (Lipinski definition) is 1. The van der Waals surface area contributed by atoms with E-state index in [0.717, 1.165) is 6.07 Å². The first-order valence-corrected chi connectivity index (χ1v) is 7.25. The molecule has 21 heavy (non-hydrogen) atoms. The lowest BCUT2D eigenvalue weighted by molar-refractivity contribution is -0.387. The summed E-state index contributed by atoms with van der Waals surface area (Å²) in [5.74, 6) is -1.05. The van der Waals surface area contributed by atoms with E-state index < -0.39 is 26.5 Å². The van der Waals surface area contributed by atoms with Gasteiger partial charge in [-0.1, -0.05) is 0 Å². The molecule has 0 aliphatic rings. The van der Waals surface area contributed by atoms with Gasteiger partial charge in [-0.2, -0.15) is 4.39 Å². The summed E-state index contributed by atoms with van der Waals surface area (Å²) in [5, 5.41) is 10.7. The first kappa shape index (κ1) is 15.1.